The van der Waals surface area contributed by atoms with Crippen molar-refractivity contribution in [3.05, 3.63) is 27.7 Å². The summed E-state index contributed by atoms with van der Waals surface area (Å²) in [7, 11) is 0. The predicted octanol–water partition coefficient (Wildman–Crippen LogP) is 3.09. The van der Waals surface area contributed by atoms with Crippen LogP contribution in [0.2, 0.25) is 0 Å². The standard InChI is InChI=1S/C13H21BrN2O/c1-9(2)8-16-12(17)10(7-14)6-11(15-16)13(3,4)5/h6,9H,7-8H2,1-5H3. The lowest BCUT2D eigenvalue weighted by Crippen LogP contribution is -2.31. The third-order valence-electron chi connectivity index (χ3n) is 2.50. The largest absolute Gasteiger partial charge is 0.270 e. The van der Waals surface area contributed by atoms with Gasteiger partial charge in [0.15, 0.2) is 0 Å². The van der Waals surface area contributed by atoms with Crippen LogP contribution in [-0.4, -0.2) is 9.78 Å². The fourth-order valence-corrected chi connectivity index (χ4v) is 1.93. The SMILES string of the molecule is CC(C)Cn1nc(C(C)(C)C)cc(CBr)c1=O. The van der Waals surface area contributed by atoms with E-state index in [0.717, 1.165) is 11.3 Å². The number of alkyl halides is 1. The number of aromatic nitrogens is 2. The second-order valence-corrected chi connectivity index (χ2v) is 6.38. The van der Waals surface area contributed by atoms with Gasteiger partial charge in [-0.05, 0) is 12.0 Å². The van der Waals surface area contributed by atoms with Gasteiger partial charge in [0.25, 0.3) is 5.56 Å². The van der Waals surface area contributed by atoms with Gasteiger partial charge < -0.3 is 0 Å². The van der Waals surface area contributed by atoms with Crippen molar-refractivity contribution in [3.8, 4) is 0 Å². The minimum atomic E-state index is -0.0383. The van der Waals surface area contributed by atoms with Gasteiger partial charge in [-0.3, -0.25) is 4.79 Å². The zero-order valence-corrected chi connectivity index (χ0v) is 12.8. The van der Waals surface area contributed by atoms with Crippen LogP contribution >= 0.6 is 15.9 Å². The summed E-state index contributed by atoms with van der Waals surface area (Å²) in [5, 5.41) is 5.05. The summed E-state index contributed by atoms with van der Waals surface area (Å²) in [5.41, 5.74) is 1.73. The summed E-state index contributed by atoms with van der Waals surface area (Å²) in [6, 6.07) is 1.91. The first-order valence-corrected chi connectivity index (χ1v) is 7.05. The Labute approximate surface area is 111 Å². The highest BCUT2D eigenvalue weighted by Crippen LogP contribution is 2.20. The van der Waals surface area contributed by atoms with Gasteiger partial charge in [0.2, 0.25) is 0 Å². The van der Waals surface area contributed by atoms with Gasteiger partial charge in [-0.25, -0.2) is 4.68 Å². The van der Waals surface area contributed by atoms with Gasteiger partial charge >= 0.3 is 0 Å². The summed E-state index contributed by atoms with van der Waals surface area (Å²) in [6.07, 6.45) is 0. The molecule has 1 heterocycles. The smallest absolute Gasteiger partial charge is 0.267 e. The van der Waals surface area contributed by atoms with Crippen LogP contribution < -0.4 is 5.56 Å². The van der Waals surface area contributed by atoms with E-state index >= 15 is 0 Å². The highest BCUT2D eigenvalue weighted by Gasteiger charge is 2.19. The van der Waals surface area contributed by atoms with E-state index < -0.39 is 0 Å². The average molecular weight is 301 g/mol. The maximum atomic E-state index is 12.1. The van der Waals surface area contributed by atoms with Crippen molar-refractivity contribution in [2.24, 2.45) is 5.92 Å². The molecule has 0 saturated heterocycles. The van der Waals surface area contributed by atoms with Crippen molar-refractivity contribution in [2.75, 3.05) is 0 Å². The molecule has 1 aromatic heterocycles. The molecule has 0 N–H and O–H groups in total. The van der Waals surface area contributed by atoms with E-state index in [4.69, 9.17) is 0 Å². The molecule has 96 valence electrons. The Morgan fingerprint density at radius 3 is 2.41 bits per heavy atom. The van der Waals surface area contributed by atoms with Crippen LogP contribution in [0.1, 0.15) is 45.9 Å². The van der Waals surface area contributed by atoms with Crippen LogP contribution in [-0.2, 0) is 17.3 Å². The van der Waals surface area contributed by atoms with Crippen LogP contribution in [0.5, 0.6) is 0 Å². The Balaban J connectivity index is 3.34. The zero-order valence-electron chi connectivity index (χ0n) is 11.2. The molecule has 0 bridgehead atoms. The van der Waals surface area contributed by atoms with E-state index in [0.29, 0.717) is 17.8 Å². The van der Waals surface area contributed by atoms with Gasteiger partial charge in [0.1, 0.15) is 0 Å². The molecule has 0 fully saturated rings. The molecule has 1 rings (SSSR count). The van der Waals surface area contributed by atoms with Crippen LogP contribution in [0, 0.1) is 5.92 Å². The van der Waals surface area contributed by atoms with Crippen molar-refractivity contribution in [1.29, 1.82) is 0 Å². The maximum Gasteiger partial charge on any atom is 0.270 e. The zero-order chi connectivity index (χ0) is 13.2. The fraction of sp³-hybridized carbons (Fsp3) is 0.692. The van der Waals surface area contributed by atoms with Crippen molar-refractivity contribution < 1.29 is 0 Å². The molecule has 0 atom stereocenters. The number of nitrogens with zero attached hydrogens (tertiary/aromatic N) is 2. The maximum absolute atomic E-state index is 12.1. The summed E-state index contributed by atoms with van der Waals surface area (Å²) in [6.45, 7) is 11.2. The van der Waals surface area contributed by atoms with Crippen molar-refractivity contribution >= 4 is 15.9 Å². The second kappa shape index (κ2) is 5.34. The average Bonchev–Trinajstić information content (AvgIpc) is 2.18. The van der Waals surface area contributed by atoms with Crippen LogP contribution in [0.15, 0.2) is 10.9 Å². The van der Waals surface area contributed by atoms with E-state index in [1.165, 1.54) is 0 Å². The summed E-state index contributed by atoms with van der Waals surface area (Å²) in [5.74, 6) is 0.415. The Morgan fingerprint density at radius 1 is 1.41 bits per heavy atom. The van der Waals surface area contributed by atoms with Crippen LogP contribution in [0.3, 0.4) is 0 Å². The number of hydrogen-bond donors (Lipinski definition) is 0. The Kier molecular flexibility index (Phi) is 4.53. The molecular formula is C13H21BrN2O. The molecule has 0 saturated carbocycles. The second-order valence-electron chi connectivity index (χ2n) is 5.82. The van der Waals surface area contributed by atoms with Crippen molar-refractivity contribution in [2.45, 2.75) is 51.9 Å². The molecule has 3 nitrogen and oxygen atoms in total. The first-order chi connectivity index (χ1) is 7.75. The van der Waals surface area contributed by atoms with Gasteiger partial charge in [0, 0.05) is 22.9 Å². The van der Waals surface area contributed by atoms with E-state index in [-0.39, 0.29) is 11.0 Å². The van der Waals surface area contributed by atoms with Gasteiger partial charge in [0.05, 0.1) is 5.69 Å². The van der Waals surface area contributed by atoms with Crippen molar-refractivity contribution in [1.82, 2.24) is 9.78 Å². The molecule has 0 aromatic carbocycles. The minimum absolute atomic E-state index is 0.0172. The quantitative estimate of drug-likeness (QED) is 0.804. The molecule has 0 spiro atoms. The highest BCUT2D eigenvalue weighted by molar-refractivity contribution is 9.08. The highest BCUT2D eigenvalue weighted by atomic mass is 79.9. The lowest BCUT2D eigenvalue weighted by Gasteiger charge is -2.20. The molecule has 0 radical (unpaired) electrons. The molecule has 0 aliphatic carbocycles. The van der Waals surface area contributed by atoms with Crippen molar-refractivity contribution in [3.63, 3.8) is 0 Å². The molecule has 1 aromatic rings. The third-order valence-corrected chi connectivity index (χ3v) is 3.10. The lowest BCUT2D eigenvalue weighted by atomic mass is 9.91. The summed E-state index contributed by atoms with van der Waals surface area (Å²) in [4.78, 5) is 12.1. The minimum Gasteiger partial charge on any atom is -0.267 e. The first kappa shape index (κ1) is 14.4. The number of hydrogen-bond acceptors (Lipinski definition) is 2. The topological polar surface area (TPSA) is 34.9 Å². The number of rotatable bonds is 3. The van der Waals surface area contributed by atoms with Gasteiger partial charge in [-0.15, -0.1) is 0 Å². The van der Waals surface area contributed by atoms with E-state index in [9.17, 15) is 4.79 Å². The van der Waals surface area contributed by atoms with Crippen LogP contribution in [0.4, 0.5) is 0 Å². The van der Waals surface area contributed by atoms with E-state index in [2.05, 4.69) is 55.6 Å². The molecule has 17 heavy (non-hydrogen) atoms. The Morgan fingerprint density at radius 2 is 2.00 bits per heavy atom. The molecule has 0 aliphatic heterocycles. The molecular weight excluding hydrogens is 280 g/mol. The normalized spacial score (nSPS) is 12.2. The summed E-state index contributed by atoms with van der Waals surface area (Å²) < 4.78 is 1.60. The summed E-state index contributed by atoms with van der Waals surface area (Å²) >= 11 is 3.37. The monoisotopic (exact) mass is 300 g/mol. The third kappa shape index (κ3) is 3.66. The van der Waals surface area contributed by atoms with Crippen LogP contribution in [0.25, 0.3) is 0 Å². The Bertz CT molecular complexity index is 444. The van der Waals surface area contributed by atoms with Gasteiger partial charge in [-0.2, -0.15) is 5.10 Å². The predicted molar refractivity (Wildman–Crippen MR) is 74.7 cm³/mol. The first-order valence-electron chi connectivity index (χ1n) is 5.93. The molecule has 0 amide bonds. The van der Waals surface area contributed by atoms with E-state index in [1.807, 2.05) is 6.07 Å². The Hall–Kier alpha value is -0.640. The molecule has 0 unspecified atom stereocenters. The molecule has 4 heteroatoms. The van der Waals surface area contributed by atoms with Gasteiger partial charge in [-0.1, -0.05) is 50.5 Å². The fourth-order valence-electron chi connectivity index (χ4n) is 1.53. The van der Waals surface area contributed by atoms with E-state index in [1.54, 1.807) is 4.68 Å². The molecule has 0 aliphatic rings. The number of halogens is 1. The lowest BCUT2D eigenvalue weighted by molar-refractivity contribution is 0.436.